The van der Waals surface area contributed by atoms with Gasteiger partial charge in [0.05, 0.1) is 0 Å². The molecule has 1 aromatic rings. The first-order chi connectivity index (χ1) is 8.22. The molecule has 0 N–H and O–H groups in total. The Labute approximate surface area is 107 Å². The fourth-order valence-electron chi connectivity index (χ4n) is 1.57. The quantitative estimate of drug-likeness (QED) is 0.619. The van der Waals surface area contributed by atoms with Crippen molar-refractivity contribution < 1.29 is 9.59 Å². The Hall–Kier alpha value is -1.38. The molecule has 1 aromatic carbocycles. The molecule has 0 aromatic heterocycles. The number of carbonyl (C=O) groups is 2. The van der Waals surface area contributed by atoms with Crippen LogP contribution in [0.5, 0.6) is 0 Å². The minimum absolute atomic E-state index is 0.262. The number of hydrogen-bond acceptors (Lipinski definition) is 2. The second-order valence-electron chi connectivity index (χ2n) is 3.69. The Balaban J connectivity index is 2.13. The van der Waals surface area contributed by atoms with Crippen LogP contribution in [-0.4, -0.2) is 26.8 Å². The zero-order valence-corrected chi connectivity index (χ0v) is 11.3. The second kappa shape index (κ2) is 5.30. The van der Waals surface area contributed by atoms with Gasteiger partial charge in [0.1, 0.15) is 0 Å². The van der Waals surface area contributed by atoms with E-state index < -0.39 is 0 Å². The van der Waals surface area contributed by atoms with Gasteiger partial charge in [0.15, 0.2) is 0 Å². The van der Waals surface area contributed by atoms with Crippen molar-refractivity contribution in [3.8, 4) is 0 Å². The van der Waals surface area contributed by atoms with E-state index in [4.69, 9.17) is 0 Å². The van der Waals surface area contributed by atoms with Crippen LogP contribution in [0.4, 0.5) is 5.69 Å². The van der Waals surface area contributed by atoms with Crippen molar-refractivity contribution in [2.24, 2.45) is 0 Å². The summed E-state index contributed by atoms with van der Waals surface area (Å²) < 4.78 is 1.30. The van der Waals surface area contributed by atoms with Crippen molar-refractivity contribution in [3.05, 3.63) is 36.4 Å². The van der Waals surface area contributed by atoms with Gasteiger partial charge in [-0.05, 0) is 0 Å². The van der Waals surface area contributed by atoms with Crippen LogP contribution in [0.15, 0.2) is 36.4 Å². The molecule has 0 saturated heterocycles. The standard InChI is InChI=1S/C13H13NO2Se/c1-2-9-17-11-5-3-10(4-6-11)14-12(15)7-8-13(14)16/h3-8H,2,9H2,1H3. The van der Waals surface area contributed by atoms with E-state index in [1.54, 1.807) is 0 Å². The van der Waals surface area contributed by atoms with Gasteiger partial charge >= 0.3 is 106 Å². The summed E-state index contributed by atoms with van der Waals surface area (Å²) in [5.41, 5.74) is 0.654. The first-order valence-electron chi connectivity index (χ1n) is 5.51. The Kier molecular flexibility index (Phi) is 3.77. The topological polar surface area (TPSA) is 37.4 Å². The van der Waals surface area contributed by atoms with E-state index in [2.05, 4.69) is 6.92 Å². The molecule has 0 aliphatic carbocycles. The number of carbonyl (C=O) groups excluding carboxylic acids is 2. The van der Waals surface area contributed by atoms with E-state index in [9.17, 15) is 9.59 Å². The first-order valence-corrected chi connectivity index (χ1v) is 7.58. The maximum atomic E-state index is 11.5. The molecule has 0 fully saturated rings. The normalized spacial score (nSPS) is 14.8. The molecule has 1 heterocycles. The Morgan fingerprint density at radius 3 is 2.18 bits per heavy atom. The van der Waals surface area contributed by atoms with Crippen LogP contribution in [0.1, 0.15) is 13.3 Å². The van der Waals surface area contributed by atoms with Crippen LogP contribution in [-0.2, 0) is 9.59 Å². The van der Waals surface area contributed by atoms with Crippen LogP contribution in [0.25, 0.3) is 0 Å². The average Bonchev–Trinajstić information content (AvgIpc) is 2.67. The van der Waals surface area contributed by atoms with E-state index in [1.165, 1.54) is 33.3 Å². The third kappa shape index (κ3) is 2.65. The Bertz CT molecular complexity index is 447. The number of anilines is 1. The molecule has 17 heavy (non-hydrogen) atoms. The molecule has 0 radical (unpaired) electrons. The number of hydrogen-bond donors (Lipinski definition) is 0. The SMILES string of the molecule is CCC[Se]c1ccc(N2C(=O)C=CC2=O)cc1. The van der Waals surface area contributed by atoms with Crippen LogP contribution in [0.3, 0.4) is 0 Å². The summed E-state index contributed by atoms with van der Waals surface area (Å²) in [6, 6.07) is 7.69. The Morgan fingerprint density at radius 1 is 1.06 bits per heavy atom. The number of benzene rings is 1. The van der Waals surface area contributed by atoms with Crippen molar-refractivity contribution in [2.45, 2.75) is 18.7 Å². The second-order valence-corrected chi connectivity index (χ2v) is 6.14. The molecule has 0 saturated carbocycles. The molecular formula is C13H13NO2Se. The number of amides is 2. The van der Waals surface area contributed by atoms with Gasteiger partial charge in [-0.2, -0.15) is 0 Å². The van der Waals surface area contributed by atoms with Crippen LogP contribution in [0.2, 0.25) is 5.32 Å². The van der Waals surface area contributed by atoms with Gasteiger partial charge in [0, 0.05) is 0 Å². The monoisotopic (exact) mass is 295 g/mol. The molecule has 3 nitrogen and oxygen atoms in total. The molecule has 0 unspecified atom stereocenters. The number of nitrogens with zero attached hydrogens (tertiary/aromatic N) is 1. The zero-order valence-electron chi connectivity index (χ0n) is 9.55. The van der Waals surface area contributed by atoms with Gasteiger partial charge in [-0.15, -0.1) is 0 Å². The molecular weight excluding hydrogens is 281 g/mol. The van der Waals surface area contributed by atoms with Crippen molar-refractivity contribution in [2.75, 3.05) is 4.90 Å². The van der Waals surface area contributed by atoms with E-state index in [1.807, 2.05) is 24.3 Å². The molecule has 1 aliphatic rings. The fraction of sp³-hybridized carbons (Fsp3) is 0.231. The van der Waals surface area contributed by atoms with Crippen molar-refractivity contribution in [3.63, 3.8) is 0 Å². The summed E-state index contributed by atoms with van der Waals surface area (Å²) in [5, 5.41) is 1.22. The molecule has 0 spiro atoms. The third-order valence-corrected chi connectivity index (χ3v) is 4.93. The van der Waals surface area contributed by atoms with E-state index in [-0.39, 0.29) is 11.8 Å². The molecule has 2 rings (SSSR count). The summed E-state index contributed by atoms with van der Waals surface area (Å²) in [6.07, 6.45) is 3.79. The summed E-state index contributed by atoms with van der Waals surface area (Å²) in [4.78, 5) is 24.1. The van der Waals surface area contributed by atoms with Gasteiger partial charge in [-0.25, -0.2) is 0 Å². The van der Waals surface area contributed by atoms with E-state index in [0.29, 0.717) is 20.6 Å². The van der Waals surface area contributed by atoms with Gasteiger partial charge in [-0.3, -0.25) is 0 Å². The minimum atomic E-state index is -0.262. The maximum absolute atomic E-state index is 11.5. The predicted molar refractivity (Wildman–Crippen MR) is 68.6 cm³/mol. The summed E-state index contributed by atoms with van der Waals surface area (Å²) in [7, 11) is 0. The van der Waals surface area contributed by atoms with Crippen LogP contribution >= 0.6 is 0 Å². The number of imide groups is 1. The van der Waals surface area contributed by atoms with E-state index >= 15 is 0 Å². The summed E-state index contributed by atoms with van der Waals surface area (Å²) >= 11 is 0.491. The molecule has 0 atom stereocenters. The van der Waals surface area contributed by atoms with Crippen molar-refractivity contribution in [1.82, 2.24) is 0 Å². The third-order valence-electron chi connectivity index (χ3n) is 2.38. The zero-order chi connectivity index (χ0) is 12.3. The molecule has 0 bridgehead atoms. The number of rotatable bonds is 4. The fourth-order valence-corrected chi connectivity index (χ4v) is 3.18. The van der Waals surface area contributed by atoms with Crippen molar-refractivity contribution in [1.29, 1.82) is 0 Å². The molecule has 4 heteroatoms. The predicted octanol–water partition coefficient (Wildman–Crippen LogP) is 1.27. The van der Waals surface area contributed by atoms with Crippen molar-refractivity contribution >= 4 is 36.9 Å². The summed E-state index contributed by atoms with van der Waals surface area (Å²) in [6.45, 7) is 2.17. The molecule has 1 aliphatic heterocycles. The Morgan fingerprint density at radius 2 is 1.65 bits per heavy atom. The molecule has 2 amide bonds. The van der Waals surface area contributed by atoms with Gasteiger partial charge in [-0.1, -0.05) is 0 Å². The molecule has 88 valence electrons. The van der Waals surface area contributed by atoms with Gasteiger partial charge in [0.2, 0.25) is 0 Å². The van der Waals surface area contributed by atoms with Gasteiger partial charge < -0.3 is 0 Å². The summed E-state index contributed by atoms with van der Waals surface area (Å²) in [5.74, 6) is -0.524. The van der Waals surface area contributed by atoms with E-state index in [0.717, 1.165) is 0 Å². The first kappa shape index (κ1) is 12.1. The van der Waals surface area contributed by atoms with Gasteiger partial charge in [0.25, 0.3) is 0 Å². The van der Waals surface area contributed by atoms with Crippen LogP contribution in [0, 0.1) is 0 Å². The average molecular weight is 294 g/mol. The van der Waals surface area contributed by atoms with Crippen LogP contribution < -0.4 is 9.36 Å².